The van der Waals surface area contributed by atoms with Gasteiger partial charge in [-0.25, -0.2) is 8.42 Å². The molecule has 0 spiro atoms. The minimum atomic E-state index is -3.75. The van der Waals surface area contributed by atoms with Crippen LogP contribution in [-0.4, -0.2) is 22.6 Å². The van der Waals surface area contributed by atoms with Crippen LogP contribution in [0.15, 0.2) is 45.8 Å². The highest BCUT2D eigenvalue weighted by Crippen LogP contribution is 2.36. The molecule has 0 heterocycles. The summed E-state index contributed by atoms with van der Waals surface area (Å²) in [4.78, 5) is 0.0747. The Morgan fingerprint density at radius 1 is 1.00 bits per heavy atom. The number of nitrogens with one attached hydrogen (secondary N) is 1. The van der Waals surface area contributed by atoms with E-state index in [0.717, 1.165) is 5.56 Å². The standard InChI is InChI=1S/C15H16BrNO4S/c1-10-4-6-11(7-5-10)17-22(18,19)15-9-14(21-3)13(20-2)8-12(15)16/h4-9,17H,1-3H3. The molecule has 5 nitrogen and oxygen atoms in total. The van der Waals surface area contributed by atoms with Crippen LogP contribution in [0.5, 0.6) is 11.5 Å². The zero-order chi connectivity index (χ0) is 16.3. The summed E-state index contributed by atoms with van der Waals surface area (Å²) in [6, 6.07) is 10.1. The molecule has 0 radical (unpaired) electrons. The van der Waals surface area contributed by atoms with E-state index in [1.807, 2.05) is 19.1 Å². The Bertz CT molecular complexity index is 773. The van der Waals surface area contributed by atoms with E-state index in [4.69, 9.17) is 9.47 Å². The molecule has 0 saturated carbocycles. The average molecular weight is 386 g/mol. The van der Waals surface area contributed by atoms with Crippen LogP contribution in [0.3, 0.4) is 0 Å². The molecule has 0 unspecified atom stereocenters. The number of rotatable bonds is 5. The fourth-order valence-corrected chi connectivity index (χ4v) is 3.97. The molecule has 2 aromatic carbocycles. The largest absolute Gasteiger partial charge is 0.493 e. The first-order valence-corrected chi connectivity index (χ1v) is 8.66. The number of halogens is 1. The van der Waals surface area contributed by atoms with E-state index in [-0.39, 0.29) is 4.90 Å². The normalized spacial score (nSPS) is 11.1. The molecular formula is C15H16BrNO4S. The lowest BCUT2D eigenvalue weighted by atomic mass is 10.2. The van der Waals surface area contributed by atoms with Crippen LogP contribution in [0, 0.1) is 6.92 Å². The first-order valence-electron chi connectivity index (χ1n) is 6.38. The van der Waals surface area contributed by atoms with Gasteiger partial charge in [0.25, 0.3) is 10.0 Å². The highest BCUT2D eigenvalue weighted by Gasteiger charge is 2.21. The SMILES string of the molecule is COc1cc(Br)c(S(=O)(=O)Nc2ccc(C)cc2)cc1OC. The molecule has 0 aromatic heterocycles. The molecule has 0 amide bonds. The van der Waals surface area contributed by atoms with Crippen molar-refractivity contribution in [2.45, 2.75) is 11.8 Å². The van der Waals surface area contributed by atoms with Crippen LogP contribution in [-0.2, 0) is 10.0 Å². The first kappa shape index (κ1) is 16.6. The third kappa shape index (κ3) is 3.53. The summed E-state index contributed by atoms with van der Waals surface area (Å²) in [7, 11) is -0.804. The maximum atomic E-state index is 12.5. The lowest BCUT2D eigenvalue weighted by Crippen LogP contribution is -2.14. The summed E-state index contributed by atoms with van der Waals surface area (Å²) in [5, 5.41) is 0. The Kier molecular flexibility index (Phi) is 4.97. The monoisotopic (exact) mass is 385 g/mol. The Morgan fingerprint density at radius 3 is 2.09 bits per heavy atom. The van der Waals surface area contributed by atoms with Gasteiger partial charge in [0.1, 0.15) is 4.90 Å². The van der Waals surface area contributed by atoms with Gasteiger partial charge in [0, 0.05) is 16.2 Å². The molecule has 1 N–H and O–H groups in total. The summed E-state index contributed by atoms with van der Waals surface area (Å²) in [6.45, 7) is 1.93. The van der Waals surface area contributed by atoms with Crippen LogP contribution >= 0.6 is 15.9 Å². The highest BCUT2D eigenvalue weighted by molar-refractivity contribution is 9.10. The van der Waals surface area contributed by atoms with E-state index in [9.17, 15) is 8.42 Å². The molecule has 0 atom stereocenters. The van der Waals surface area contributed by atoms with Gasteiger partial charge in [-0.2, -0.15) is 0 Å². The molecule has 0 aliphatic rings. The molecule has 7 heteroatoms. The van der Waals surface area contributed by atoms with E-state index < -0.39 is 10.0 Å². The number of methoxy groups -OCH3 is 2. The van der Waals surface area contributed by atoms with Crippen molar-refractivity contribution >= 4 is 31.6 Å². The van der Waals surface area contributed by atoms with Gasteiger partial charge in [-0.3, -0.25) is 4.72 Å². The fourth-order valence-electron chi connectivity index (χ4n) is 1.87. The molecule has 0 aliphatic carbocycles. The number of hydrogen-bond acceptors (Lipinski definition) is 4. The number of hydrogen-bond donors (Lipinski definition) is 1. The molecule has 0 saturated heterocycles. The minimum Gasteiger partial charge on any atom is -0.493 e. The Balaban J connectivity index is 2.42. The van der Waals surface area contributed by atoms with Gasteiger partial charge in [0.05, 0.1) is 14.2 Å². The first-order chi connectivity index (χ1) is 10.4. The van der Waals surface area contributed by atoms with Crippen molar-refractivity contribution < 1.29 is 17.9 Å². The number of anilines is 1. The van der Waals surface area contributed by atoms with Gasteiger partial charge in [0.15, 0.2) is 11.5 Å². The quantitative estimate of drug-likeness (QED) is 0.853. The average Bonchev–Trinajstić information content (AvgIpc) is 2.48. The van der Waals surface area contributed by atoms with Crippen molar-refractivity contribution in [2.75, 3.05) is 18.9 Å². The van der Waals surface area contributed by atoms with Gasteiger partial charge >= 0.3 is 0 Å². The van der Waals surface area contributed by atoms with E-state index in [1.54, 1.807) is 18.2 Å². The summed E-state index contributed by atoms with van der Waals surface area (Å²) in [6.07, 6.45) is 0. The number of aryl methyl sites for hydroxylation is 1. The van der Waals surface area contributed by atoms with Crippen LogP contribution in [0.4, 0.5) is 5.69 Å². The molecule has 0 aliphatic heterocycles. The Labute approximate surface area is 138 Å². The predicted octanol–water partition coefficient (Wildman–Crippen LogP) is 3.58. The van der Waals surface area contributed by atoms with Gasteiger partial charge in [-0.15, -0.1) is 0 Å². The van der Waals surface area contributed by atoms with Gasteiger partial charge < -0.3 is 9.47 Å². The Hall–Kier alpha value is -1.73. The lowest BCUT2D eigenvalue weighted by Gasteiger charge is -2.13. The van der Waals surface area contributed by atoms with Crippen molar-refractivity contribution in [2.24, 2.45) is 0 Å². The van der Waals surface area contributed by atoms with Crippen molar-refractivity contribution in [3.05, 3.63) is 46.4 Å². The summed E-state index contributed by atoms with van der Waals surface area (Å²) < 4.78 is 38.3. The fraction of sp³-hybridized carbons (Fsp3) is 0.200. The molecule has 2 rings (SSSR count). The number of benzene rings is 2. The molecule has 0 fully saturated rings. The smallest absolute Gasteiger partial charge is 0.263 e. The van der Waals surface area contributed by atoms with Crippen molar-refractivity contribution in [3.8, 4) is 11.5 Å². The lowest BCUT2D eigenvalue weighted by molar-refractivity contribution is 0.353. The van der Waals surface area contributed by atoms with Gasteiger partial charge in [-0.05, 0) is 41.1 Å². The zero-order valence-corrected chi connectivity index (χ0v) is 14.8. The molecule has 22 heavy (non-hydrogen) atoms. The summed E-state index contributed by atoms with van der Waals surface area (Å²) >= 11 is 3.26. The van der Waals surface area contributed by atoms with E-state index in [0.29, 0.717) is 21.7 Å². The van der Waals surface area contributed by atoms with Crippen molar-refractivity contribution in [3.63, 3.8) is 0 Å². The van der Waals surface area contributed by atoms with Crippen molar-refractivity contribution in [1.29, 1.82) is 0 Å². The minimum absolute atomic E-state index is 0.0747. The third-order valence-corrected chi connectivity index (χ3v) is 5.37. The maximum absolute atomic E-state index is 12.5. The van der Waals surface area contributed by atoms with E-state index >= 15 is 0 Å². The highest BCUT2D eigenvalue weighted by atomic mass is 79.9. The van der Waals surface area contributed by atoms with Gasteiger partial charge in [0.2, 0.25) is 0 Å². The second kappa shape index (κ2) is 6.58. The predicted molar refractivity (Wildman–Crippen MR) is 89.2 cm³/mol. The maximum Gasteiger partial charge on any atom is 0.263 e. The molecular weight excluding hydrogens is 370 g/mol. The van der Waals surface area contributed by atoms with Crippen LogP contribution in [0.2, 0.25) is 0 Å². The van der Waals surface area contributed by atoms with Gasteiger partial charge in [-0.1, -0.05) is 17.7 Å². The third-order valence-electron chi connectivity index (χ3n) is 3.03. The number of sulfonamides is 1. The van der Waals surface area contributed by atoms with Crippen LogP contribution in [0.1, 0.15) is 5.56 Å². The molecule has 2 aromatic rings. The van der Waals surface area contributed by atoms with E-state index in [1.165, 1.54) is 20.3 Å². The second-order valence-corrected chi connectivity index (χ2v) is 7.11. The topological polar surface area (TPSA) is 64.6 Å². The summed E-state index contributed by atoms with van der Waals surface area (Å²) in [5.74, 6) is 0.790. The van der Waals surface area contributed by atoms with Crippen LogP contribution < -0.4 is 14.2 Å². The van der Waals surface area contributed by atoms with E-state index in [2.05, 4.69) is 20.7 Å². The summed E-state index contributed by atoms with van der Waals surface area (Å²) in [5.41, 5.74) is 1.54. The van der Waals surface area contributed by atoms with Crippen LogP contribution in [0.25, 0.3) is 0 Å². The molecule has 0 bridgehead atoms. The number of ether oxygens (including phenoxy) is 2. The zero-order valence-electron chi connectivity index (χ0n) is 12.4. The second-order valence-electron chi connectivity index (χ2n) is 4.61. The Morgan fingerprint density at radius 2 is 1.55 bits per heavy atom. The van der Waals surface area contributed by atoms with Crippen molar-refractivity contribution in [1.82, 2.24) is 0 Å². The molecule has 118 valence electrons.